The topological polar surface area (TPSA) is 6.48 Å². The first-order valence-corrected chi connectivity index (χ1v) is 19.3. The predicted molar refractivity (Wildman–Crippen MR) is 227 cm³/mol. The van der Waals surface area contributed by atoms with Crippen molar-refractivity contribution in [3.05, 3.63) is 221 Å². The van der Waals surface area contributed by atoms with Gasteiger partial charge in [-0.1, -0.05) is 127 Å². The van der Waals surface area contributed by atoms with E-state index in [0.29, 0.717) is 0 Å². The minimum absolute atomic E-state index is 0.260. The zero-order chi connectivity index (χ0) is 36.1. The first-order valence-electron chi connectivity index (χ1n) is 19.3. The minimum Gasteiger partial charge on any atom is -0.342 e. The van der Waals surface area contributed by atoms with Crippen molar-refractivity contribution in [1.82, 2.24) is 0 Å². The molecule has 54 heavy (non-hydrogen) atoms. The molecule has 8 aromatic carbocycles. The van der Waals surface area contributed by atoms with Crippen molar-refractivity contribution in [1.29, 1.82) is 0 Å². The Labute approximate surface area is 318 Å². The number of hydrogen-bond donors (Lipinski definition) is 0. The number of anilines is 5. The molecule has 10 rings (SSSR count). The highest BCUT2D eigenvalue weighted by molar-refractivity contribution is 5.92. The predicted octanol–water partition coefficient (Wildman–Crippen LogP) is 13.1. The minimum atomic E-state index is -0.260. The van der Waals surface area contributed by atoms with Gasteiger partial charge in [0.05, 0.1) is 5.41 Å². The van der Waals surface area contributed by atoms with E-state index in [1.165, 1.54) is 79.5 Å². The lowest BCUT2D eigenvalue weighted by Crippen LogP contribution is -2.30. The van der Waals surface area contributed by atoms with Crippen molar-refractivity contribution in [2.24, 2.45) is 0 Å². The quantitative estimate of drug-likeness (QED) is 0.148. The molecule has 0 saturated carbocycles. The van der Waals surface area contributed by atoms with E-state index in [-0.39, 0.29) is 5.41 Å². The van der Waals surface area contributed by atoms with E-state index in [2.05, 4.69) is 205 Å². The Balaban J connectivity index is 1.03. The molecule has 0 amide bonds. The third-order valence-electron chi connectivity index (χ3n) is 11.9. The Bertz CT molecular complexity index is 2580. The van der Waals surface area contributed by atoms with Gasteiger partial charge in [-0.25, -0.2) is 0 Å². The lowest BCUT2D eigenvalue weighted by atomic mass is 9.67. The second-order valence-electron chi connectivity index (χ2n) is 14.8. The van der Waals surface area contributed by atoms with E-state index >= 15 is 0 Å². The number of benzene rings is 8. The van der Waals surface area contributed by atoms with Crippen molar-refractivity contribution in [2.75, 3.05) is 16.3 Å². The number of hydrogen-bond acceptors (Lipinski definition) is 2. The van der Waals surface area contributed by atoms with Crippen LogP contribution in [-0.2, 0) is 24.7 Å². The van der Waals surface area contributed by atoms with Crippen LogP contribution in [0, 0.1) is 0 Å². The number of aryl methyl sites for hydroxylation is 2. The zero-order valence-electron chi connectivity index (χ0n) is 30.6. The lowest BCUT2D eigenvalue weighted by Gasteiger charge is -2.35. The van der Waals surface area contributed by atoms with Gasteiger partial charge in [0.25, 0.3) is 0 Å². The molecule has 0 spiro atoms. The van der Waals surface area contributed by atoms with E-state index < -0.39 is 0 Å². The van der Waals surface area contributed by atoms with Gasteiger partial charge in [0, 0.05) is 35.0 Å². The highest BCUT2D eigenvalue weighted by Crippen LogP contribution is 2.54. The number of rotatable bonds is 9. The Morgan fingerprint density at radius 3 is 1.59 bits per heavy atom. The Kier molecular flexibility index (Phi) is 7.91. The fraction of sp³-hybridized carbons (Fsp3) is 0.115. The first kappa shape index (κ1) is 32.3. The van der Waals surface area contributed by atoms with Crippen molar-refractivity contribution < 1.29 is 0 Å². The van der Waals surface area contributed by atoms with E-state index in [1.807, 2.05) is 0 Å². The molecule has 8 aromatic rings. The van der Waals surface area contributed by atoms with Crippen LogP contribution in [0.25, 0.3) is 21.9 Å². The third-order valence-corrected chi connectivity index (χ3v) is 11.9. The second-order valence-corrected chi connectivity index (χ2v) is 14.8. The molecule has 0 unspecified atom stereocenters. The molecular formula is C52H42N2. The summed E-state index contributed by atoms with van der Waals surface area (Å²) in [5.74, 6) is 0. The van der Waals surface area contributed by atoms with Crippen LogP contribution in [0.5, 0.6) is 0 Å². The molecule has 0 N–H and O–H groups in total. The standard InChI is InChI=1S/C52H42N2/c1-2-53(43-13-5-3-6-14-43)46-31-26-41-35-47(32-27-40(41)34-46)54(44-15-7-4-8-16-44)45-29-21-37(22-30-45)36-52(42-28-25-38-23-24-39(38)33-42)50-19-11-9-17-48(50)49-18-10-12-20-51(49)52/h3-22,25-35H,2,23-24,36H2,1H3. The lowest BCUT2D eigenvalue weighted by molar-refractivity contribution is 0.625. The number of fused-ring (bicyclic) bond motifs is 5. The molecule has 0 saturated heterocycles. The molecule has 2 nitrogen and oxygen atoms in total. The van der Waals surface area contributed by atoms with Gasteiger partial charge < -0.3 is 9.80 Å². The van der Waals surface area contributed by atoms with Crippen LogP contribution in [0.2, 0.25) is 0 Å². The Morgan fingerprint density at radius 2 is 0.981 bits per heavy atom. The average molecular weight is 695 g/mol. The number of nitrogens with zero attached hydrogens (tertiary/aromatic N) is 2. The van der Waals surface area contributed by atoms with Crippen molar-refractivity contribution >= 4 is 39.2 Å². The molecular weight excluding hydrogens is 653 g/mol. The van der Waals surface area contributed by atoms with Crippen molar-refractivity contribution in [2.45, 2.75) is 31.6 Å². The first-order chi connectivity index (χ1) is 26.7. The zero-order valence-corrected chi connectivity index (χ0v) is 30.6. The summed E-state index contributed by atoms with van der Waals surface area (Å²) < 4.78 is 0. The maximum Gasteiger partial charge on any atom is 0.0503 e. The Morgan fingerprint density at radius 1 is 0.444 bits per heavy atom. The van der Waals surface area contributed by atoms with Gasteiger partial charge in [-0.15, -0.1) is 0 Å². The fourth-order valence-corrected chi connectivity index (χ4v) is 9.13. The molecule has 260 valence electrons. The van der Waals surface area contributed by atoms with Crippen LogP contribution in [0.3, 0.4) is 0 Å². The highest BCUT2D eigenvalue weighted by atomic mass is 15.1. The monoisotopic (exact) mass is 694 g/mol. The van der Waals surface area contributed by atoms with Gasteiger partial charge in [-0.3, -0.25) is 0 Å². The highest BCUT2D eigenvalue weighted by Gasteiger charge is 2.44. The van der Waals surface area contributed by atoms with Crippen molar-refractivity contribution in [3.8, 4) is 11.1 Å². The summed E-state index contributed by atoms with van der Waals surface area (Å²) in [6.07, 6.45) is 3.26. The van der Waals surface area contributed by atoms with Crippen LogP contribution in [0.4, 0.5) is 28.4 Å². The molecule has 0 aromatic heterocycles. The van der Waals surface area contributed by atoms with Gasteiger partial charge in [0.2, 0.25) is 0 Å². The summed E-state index contributed by atoms with van der Waals surface area (Å²) in [6.45, 7) is 3.11. The summed E-state index contributed by atoms with van der Waals surface area (Å²) in [5, 5.41) is 2.45. The van der Waals surface area contributed by atoms with Crippen LogP contribution < -0.4 is 9.80 Å². The average Bonchev–Trinajstić information content (AvgIpc) is 3.50. The maximum atomic E-state index is 2.51. The largest absolute Gasteiger partial charge is 0.342 e. The summed E-state index contributed by atoms with van der Waals surface area (Å²) in [7, 11) is 0. The third kappa shape index (κ3) is 5.32. The molecule has 0 radical (unpaired) electrons. The smallest absolute Gasteiger partial charge is 0.0503 e. The van der Waals surface area contributed by atoms with Gasteiger partial charge >= 0.3 is 0 Å². The normalized spacial score (nSPS) is 13.4. The summed E-state index contributed by atoms with van der Waals surface area (Å²) in [6, 6.07) is 69.9. The fourth-order valence-electron chi connectivity index (χ4n) is 9.13. The molecule has 2 aliphatic carbocycles. The summed E-state index contributed by atoms with van der Waals surface area (Å²) in [4.78, 5) is 4.74. The van der Waals surface area contributed by atoms with Crippen molar-refractivity contribution in [3.63, 3.8) is 0 Å². The van der Waals surface area contributed by atoms with Crippen LogP contribution >= 0.6 is 0 Å². The van der Waals surface area contributed by atoms with Gasteiger partial charge in [-0.05, 0) is 142 Å². The van der Waals surface area contributed by atoms with Gasteiger partial charge in [-0.2, -0.15) is 0 Å². The van der Waals surface area contributed by atoms with Gasteiger partial charge in [0.1, 0.15) is 0 Å². The van der Waals surface area contributed by atoms with E-state index in [0.717, 1.165) is 30.0 Å². The van der Waals surface area contributed by atoms with E-state index in [4.69, 9.17) is 0 Å². The molecule has 0 heterocycles. The van der Waals surface area contributed by atoms with Crippen LogP contribution in [-0.4, -0.2) is 6.54 Å². The second kappa shape index (κ2) is 13.2. The SMILES string of the molecule is CCN(c1ccccc1)c1ccc2cc(N(c3ccccc3)c3ccc(CC4(c5ccc6c(c5)CC6)c5ccccc5-c5ccccc54)cc3)ccc2c1. The molecule has 0 aliphatic heterocycles. The molecule has 0 fully saturated rings. The van der Waals surface area contributed by atoms with E-state index in [9.17, 15) is 0 Å². The van der Waals surface area contributed by atoms with Crippen LogP contribution in [0.15, 0.2) is 188 Å². The molecule has 2 heteroatoms. The Hall–Kier alpha value is -6.38. The summed E-state index contributed by atoms with van der Waals surface area (Å²) >= 11 is 0. The van der Waals surface area contributed by atoms with E-state index in [1.54, 1.807) is 0 Å². The van der Waals surface area contributed by atoms with Crippen LogP contribution in [0.1, 0.15) is 40.3 Å². The molecule has 0 bridgehead atoms. The molecule has 0 atom stereocenters. The summed E-state index contributed by atoms with van der Waals surface area (Å²) in [5.41, 5.74) is 16.8. The number of para-hydroxylation sites is 2. The van der Waals surface area contributed by atoms with Gasteiger partial charge in [0.15, 0.2) is 0 Å². The maximum absolute atomic E-state index is 2.51. The molecule has 2 aliphatic rings.